The van der Waals surface area contributed by atoms with Crippen molar-refractivity contribution >= 4 is 11.4 Å². The first-order chi connectivity index (χ1) is 8.61. The Bertz CT molecular complexity index is 379. The number of halogens is 1. The van der Waals surface area contributed by atoms with E-state index in [0.717, 1.165) is 0 Å². The number of phenolic OH excluding ortho intramolecular Hbond substituents is 2. The van der Waals surface area contributed by atoms with Gasteiger partial charge in [-0.3, -0.25) is 0 Å². The molecule has 2 aromatic carbocycles. The minimum atomic E-state index is 0.146. The van der Waals surface area contributed by atoms with E-state index in [2.05, 4.69) is 7.18 Å². The van der Waals surface area contributed by atoms with Crippen LogP contribution >= 0.6 is 0 Å². The summed E-state index contributed by atoms with van der Waals surface area (Å²) in [5, 5.41) is 17.6. The third-order valence-electron chi connectivity index (χ3n) is 1.87. The fraction of sp³-hybridized carbons (Fsp3) is 0. The highest BCUT2D eigenvalue weighted by Crippen LogP contribution is 2.16. The lowest BCUT2D eigenvalue weighted by Crippen LogP contribution is -1.82. The molecule has 0 aliphatic carbocycles. The molecule has 0 saturated heterocycles. The zero-order chi connectivity index (χ0) is 14.0. The van der Waals surface area contributed by atoms with Gasteiger partial charge in [-0.05, 0) is 24.3 Å². The average Bonchev–Trinajstić information content (AvgIpc) is 2.40. The molecule has 6 N–H and O–H groups in total. The lowest BCUT2D eigenvalue weighted by atomic mass is 10.3. The first kappa shape index (κ1) is 15.6. The fourth-order valence-electron chi connectivity index (χ4n) is 0.975. The van der Waals surface area contributed by atoms with E-state index in [1.165, 1.54) is 0 Å². The van der Waals surface area contributed by atoms with Crippen LogP contribution in [0.5, 0.6) is 11.5 Å². The van der Waals surface area contributed by atoms with Gasteiger partial charge in [0.05, 0.1) is 11.4 Å². The standard InChI is InChI=1S/2C6H7NO.CF/c2*7-5-3-1-2-4-6(5)8;1-2/h2*1-4,8H,7H2;. The molecule has 0 saturated carbocycles. The summed E-state index contributed by atoms with van der Waals surface area (Å²) in [6.07, 6.45) is 0. The molecule has 0 atom stereocenters. The molecule has 18 heavy (non-hydrogen) atoms. The molecule has 0 bridgehead atoms. The van der Waals surface area contributed by atoms with Crippen LogP contribution in [-0.4, -0.2) is 10.2 Å². The van der Waals surface area contributed by atoms with E-state index in [1.807, 2.05) is 0 Å². The average molecular weight is 249 g/mol. The lowest BCUT2D eigenvalue weighted by Gasteiger charge is -1.92. The Balaban J connectivity index is 0.000000283. The zero-order valence-electron chi connectivity index (χ0n) is 9.55. The number of para-hydroxylation sites is 4. The van der Waals surface area contributed by atoms with Crippen LogP contribution in [0.1, 0.15) is 0 Å². The van der Waals surface area contributed by atoms with Crippen molar-refractivity contribution in [1.29, 1.82) is 0 Å². The Kier molecular flexibility index (Phi) is 7.52. The molecule has 0 spiro atoms. The molecular weight excluding hydrogens is 235 g/mol. The van der Waals surface area contributed by atoms with Gasteiger partial charge in [-0.1, -0.05) is 24.3 Å². The van der Waals surface area contributed by atoms with E-state index in [0.29, 0.717) is 11.4 Å². The Hall–Kier alpha value is -2.43. The third-order valence-corrected chi connectivity index (χ3v) is 1.87. The number of anilines is 2. The highest BCUT2D eigenvalue weighted by atomic mass is 19.1. The zero-order valence-corrected chi connectivity index (χ0v) is 9.55. The molecular formula is C13H14FN2O2. The number of benzene rings is 2. The van der Waals surface area contributed by atoms with Crippen molar-refractivity contribution in [2.24, 2.45) is 0 Å². The first-order valence-electron chi connectivity index (χ1n) is 4.87. The monoisotopic (exact) mass is 249 g/mol. The molecule has 0 heterocycles. The summed E-state index contributed by atoms with van der Waals surface area (Å²) in [4.78, 5) is 0. The predicted molar refractivity (Wildman–Crippen MR) is 69.4 cm³/mol. The molecule has 3 radical (unpaired) electrons. The van der Waals surface area contributed by atoms with Crippen molar-refractivity contribution < 1.29 is 14.6 Å². The van der Waals surface area contributed by atoms with Gasteiger partial charge in [-0.15, -0.1) is 0 Å². The highest BCUT2D eigenvalue weighted by molar-refractivity contribution is 5.51. The fourth-order valence-corrected chi connectivity index (χ4v) is 0.975. The van der Waals surface area contributed by atoms with Crippen molar-refractivity contribution in [2.75, 3.05) is 11.5 Å². The van der Waals surface area contributed by atoms with Gasteiger partial charge in [-0.2, -0.15) is 0 Å². The van der Waals surface area contributed by atoms with Gasteiger partial charge in [0.15, 0.2) is 0 Å². The second kappa shape index (κ2) is 8.69. The largest absolute Gasteiger partial charge is 0.506 e. The van der Waals surface area contributed by atoms with E-state index in [-0.39, 0.29) is 11.5 Å². The molecule has 0 aromatic heterocycles. The van der Waals surface area contributed by atoms with Gasteiger partial charge in [0, 0.05) is 0 Å². The van der Waals surface area contributed by atoms with Gasteiger partial charge in [-0.25, -0.2) is 4.39 Å². The van der Waals surface area contributed by atoms with E-state index in [9.17, 15) is 0 Å². The van der Waals surface area contributed by atoms with E-state index in [1.54, 1.807) is 48.5 Å². The maximum atomic E-state index is 8.79. The Morgan fingerprint density at radius 2 is 1.00 bits per heavy atom. The van der Waals surface area contributed by atoms with Crippen LogP contribution in [0.25, 0.3) is 0 Å². The maximum absolute atomic E-state index is 8.79. The molecule has 0 aliphatic heterocycles. The Morgan fingerprint density at radius 3 is 1.17 bits per heavy atom. The number of aromatic hydroxyl groups is 2. The molecule has 5 heteroatoms. The molecule has 4 nitrogen and oxygen atoms in total. The summed E-state index contributed by atoms with van der Waals surface area (Å²) < 4.78 is 8.75. The summed E-state index contributed by atoms with van der Waals surface area (Å²) in [6, 6.07) is 13.4. The topological polar surface area (TPSA) is 92.5 Å². The number of rotatable bonds is 0. The summed E-state index contributed by atoms with van der Waals surface area (Å²) >= 11 is 0. The van der Waals surface area contributed by atoms with Crippen LogP contribution in [0.2, 0.25) is 0 Å². The number of hydrogen-bond donors (Lipinski definition) is 4. The van der Waals surface area contributed by atoms with Gasteiger partial charge < -0.3 is 21.7 Å². The second-order valence-electron chi connectivity index (χ2n) is 3.12. The summed E-state index contributed by atoms with van der Waals surface area (Å²) in [6.45, 7) is 0. The van der Waals surface area contributed by atoms with Crippen molar-refractivity contribution in [3.8, 4) is 11.5 Å². The molecule has 95 valence electrons. The SMILES string of the molecule is Nc1ccccc1O.Nc1ccccc1O.[C]F. The van der Waals surface area contributed by atoms with Crippen molar-refractivity contribution in [3.05, 3.63) is 55.7 Å². The predicted octanol–water partition coefficient (Wildman–Crippen LogP) is 2.45. The van der Waals surface area contributed by atoms with Crippen LogP contribution in [0.15, 0.2) is 48.5 Å². The van der Waals surface area contributed by atoms with Crippen LogP contribution in [0, 0.1) is 7.18 Å². The quantitative estimate of drug-likeness (QED) is 0.426. The van der Waals surface area contributed by atoms with Gasteiger partial charge in [0.25, 0.3) is 0 Å². The Labute approximate surface area is 105 Å². The summed E-state index contributed by atoms with van der Waals surface area (Å²) in [7, 11) is 4.25. The van der Waals surface area contributed by atoms with Crippen LogP contribution < -0.4 is 11.5 Å². The molecule has 0 aliphatic rings. The number of nitrogen functional groups attached to an aromatic ring is 2. The first-order valence-corrected chi connectivity index (χ1v) is 4.87. The minimum Gasteiger partial charge on any atom is -0.506 e. The van der Waals surface area contributed by atoms with Gasteiger partial charge in [0.1, 0.15) is 11.5 Å². The van der Waals surface area contributed by atoms with Gasteiger partial charge >= 0.3 is 0 Å². The van der Waals surface area contributed by atoms with E-state index < -0.39 is 0 Å². The lowest BCUT2D eigenvalue weighted by molar-refractivity contribution is 0.477. The van der Waals surface area contributed by atoms with Crippen LogP contribution in [0.4, 0.5) is 15.8 Å². The van der Waals surface area contributed by atoms with Crippen molar-refractivity contribution in [1.82, 2.24) is 0 Å². The normalized spacial score (nSPS) is 8.33. The highest BCUT2D eigenvalue weighted by Gasteiger charge is 1.88. The molecule has 0 fully saturated rings. The van der Waals surface area contributed by atoms with E-state index >= 15 is 0 Å². The van der Waals surface area contributed by atoms with Crippen LogP contribution in [0.3, 0.4) is 0 Å². The molecule has 2 aromatic rings. The van der Waals surface area contributed by atoms with E-state index in [4.69, 9.17) is 26.1 Å². The van der Waals surface area contributed by atoms with Crippen LogP contribution in [-0.2, 0) is 0 Å². The molecule has 0 unspecified atom stereocenters. The summed E-state index contributed by atoms with van der Waals surface area (Å²) in [5.41, 5.74) is 11.4. The summed E-state index contributed by atoms with van der Waals surface area (Å²) in [5.74, 6) is 0.292. The maximum Gasteiger partial charge on any atom is 0.232 e. The number of phenols is 2. The second-order valence-corrected chi connectivity index (χ2v) is 3.12. The van der Waals surface area contributed by atoms with Crippen molar-refractivity contribution in [2.45, 2.75) is 0 Å². The number of hydrogen-bond acceptors (Lipinski definition) is 4. The minimum absolute atomic E-state index is 0.146. The van der Waals surface area contributed by atoms with Gasteiger partial charge in [0.2, 0.25) is 7.18 Å². The van der Waals surface area contributed by atoms with Crippen molar-refractivity contribution in [3.63, 3.8) is 0 Å². The number of nitrogens with two attached hydrogens (primary N) is 2. The smallest absolute Gasteiger partial charge is 0.232 e. The molecule has 2 rings (SSSR count). The third kappa shape index (κ3) is 5.60. The Morgan fingerprint density at radius 1 is 0.722 bits per heavy atom. The molecule has 0 amide bonds.